The van der Waals surface area contributed by atoms with E-state index in [1.54, 1.807) is 32.4 Å². The SMILES string of the molecule is CNC(C)C(=O)Nc1ccc(-c2cncc(C)c2)c(C#Cc2ccccc2)n1. The third-order valence-corrected chi connectivity index (χ3v) is 4.26. The number of anilines is 1. The van der Waals surface area contributed by atoms with Gasteiger partial charge in [0.1, 0.15) is 11.5 Å². The molecule has 0 saturated heterocycles. The topological polar surface area (TPSA) is 66.9 Å². The first kappa shape index (κ1) is 19.3. The predicted molar refractivity (Wildman–Crippen MR) is 112 cm³/mol. The first-order valence-electron chi connectivity index (χ1n) is 9.05. The number of nitrogens with zero attached hydrogens (tertiary/aromatic N) is 2. The molecule has 2 heterocycles. The number of benzene rings is 1. The molecular formula is C23H22N4O. The highest BCUT2D eigenvalue weighted by atomic mass is 16.2. The van der Waals surface area contributed by atoms with E-state index in [-0.39, 0.29) is 11.9 Å². The maximum absolute atomic E-state index is 12.2. The summed E-state index contributed by atoms with van der Waals surface area (Å²) in [4.78, 5) is 21.0. The van der Waals surface area contributed by atoms with Crippen LogP contribution in [0.2, 0.25) is 0 Å². The number of carbonyl (C=O) groups is 1. The predicted octanol–water partition coefficient (Wildman–Crippen LogP) is 3.40. The average Bonchev–Trinajstić information content (AvgIpc) is 2.72. The van der Waals surface area contributed by atoms with Crippen LogP contribution in [0.25, 0.3) is 11.1 Å². The zero-order chi connectivity index (χ0) is 19.9. The van der Waals surface area contributed by atoms with Crippen molar-refractivity contribution in [3.05, 3.63) is 77.7 Å². The Hall–Kier alpha value is -3.49. The molecule has 5 heteroatoms. The second-order valence-electron chi connectivity index (χ2n) is 6.46. The fraction of sp³-hybridized carbons (Fsp3) is 0.174. The van der Waals surface area contributed by atoms with Gasteiger partial charge in [-0.05, 0) is 62.7 Å². The molecule has 0 saturated carbocycles. The van der Waals surface area contributed by atoms with Gasteiger partial charge in [0, 0.05) is 29.1 Å². The molecule has 0 bridgehead atoms. The molecule has 2 N–H and O–H groups in total. The van der Waals surface area contributed by atoms with Crippen LogP contribution in [0.15, 0.2) is 60.9 Å². The number of hydrogen-bond acceptors (Lipinski definition) is 4. The van der Waals surface area contributed by atoms with Gasteiger partial charge in [-0.15, -0.1) is 0 Å². The largest absolute Gasteiger partial charge is 0.309 e. The van der Waals surface area contributed by atoms with Gasteiger partial charge in [-0.1, -0.05) is 24.1 Å². The van der Waals surface area contributed by atoms with Gasteiger partial charge in [0.15, 0.2) is 0 Å². The van der Waals surface area contributed by atoms with E-state index in [9.17, 15) is 4.79 Å². The van der Waals surface area contributed by atoms with Crippen LogP contribution in [0, 0.1) is 18.8 Å². The van der Waals surface area contributed by atoms with Crippen LogP contribution >= 0.6 is 0 Å². The number of carbonyl (C=O) groups excluding carboxylic acids is 1. The van der Waals surface area contributed by atoms with E-state index in [0.29, 0.717) is 11.5 Å². The van der Waals surface area contributed by atoms with Crippen molar-refractivity contribution < 1.29 is 4.79 Å². The highest BCUT2D eigenvalue weighted by Gasteiger charge is 2.13. The summed E-state index contributed by atoms with van der Waals surface area (Å²) in [7, 11) is 1.74. The Labute approximate surface area is 165 Å². The van der Waals surface area contributed by atoms with E-state index >= 15 is 0 Å². The number of aromatic nitrogens is 2. The van der Waals surface area contributed by atoms with Gasteiger partial charge in [-0.3, -0.25) is 9.78 Å². The van der Waals surface area contributed by atoms with Crippen molar-refractivity contribution in [3.8, 4) is 23.0 Å². The monoisotopic (exact) mass is 370 g/mol. The van der Waals surface area contributed by atoms with Gasteiger partial charge < -0.3 is 10.6 Å². The summed E-state index contributed by atoms with van der Waals surface area (Å²) in [6.07, 6.45) is 3.60. The lowest BCUT2D eigenvalue weighted by molar-refractivity contribution is -0.117. The molecule has 5 nitrogen and oxygen atoms in total. The summed E-state index contributed by atoms with van der Waals surface area (Å²) < 4.78 is 0. The molecule has 0 fully saturated rings. The lowest BCUT2D eigenvalue weighted by Gasteiger charge is -2.12. The number of rotatable bonds is 4. The molecule has 3 rings (SSSR count). The minimum absolute atomic E-state index is 0.151. The van der Waals surface area contributed by atoms with Crippen LogP contribution in [-0.2, 0) is 4.79 Å². The number of nitrogens with one attached hydrogen (secondary N) is 2. The molecule has 1 atom stereocenters. The van der Waals surface area contributed by atoms with E-state index in [1.165, 1.54) is 0 Å². The minimum Gasteiger partial charge on any atom is -0.309 e. The molecule has 0 radical (unpaired) electrons. The molecule has 0 aliphatic heterocycles. The smallest absolute Gasteiger partial charge is 0.242 e. The normalized spacial score (nSPS) is 11.2. The minimum atomic E-state index is -0.318. The average molecular weight is 370 g/mol. The Bertz CT molecular complexity index is 1040. The van der Waals surface area contributed by atoms with Crippen molar-refractivity contribution in [1.82, 2.24) is 15.3 Å². The third kappa shape index (κ3) is 4.81. The molecule has 2 aromatic heterocycles. The Morgan fingerprint density at radius 3 is 2.57 bits per heavy atom. The molecule has 0 aliphatic carbocycles. The van der Waals surface area contributed by atoms with Crippen molar-refractivity contribution in [3.63, 3.8) is 0 Å². The Balaban J connectivity index is 2.02. The second-order valence-corrected chi connectivity index (χ2v) is 6.46. The van der Waals surface area contributed by atoms with Gasteiger partial charge in [-0.25, -0.2) is 4.98 Å². The summed E-state index contributed by atoms with van der Waals surface area (Å²) in [6, 6.07) is 15.1. The van der Waals surface area contributed by atoms with Crippen molar-refractivity contribution >= 4 is 11.7 Å². The Morgan fingerprint density at radius 2 is 1.86 bits per heavy atom. The molecule has 1 amide bonds. The number of likely N-dealkylation sites (N-methyl/N-ethyl adjacent to an activating group) is 1. The zero-order valence-corrected chi connectivity index (χ0v) is 16.2. The third-order valence-electron chi connectivity index (χ3n) is 4.26. The van der Waals surface area contributed by atoms with Crippen molar-refractivity contribution in [2.75, 3.05) is 12.4 Å². The van der Waals surface area contributed by atoms with E-state index < -0.39 is 0 Å². The summed E-state index contributed by atoms with van der Waals surface area (Å²) in [6.45, 7) is 3.78. The first-order valence-corrected chi connectivity index (χ1v) is 9.05. The highest BCUT2D eigenvalue weighted by Crippen LogP contribution is 2.24. The fourth-order valence-electron chi connectivity index (χ4n) is 2.58. The summed E-state index contributed by atoms with van der Waals surface area (Å²) >= 11 is 0. The van der Waals surface area contributed by atoms with E-state index in [1.807, 2.05) is 49.4 Å². The molecule has 140 valence electrons. The van der Waals surface area contributed by atoms with Crippen molar-refractivity contribution in [1.29, 1.82) is 0 Å². The van der Waals surface area contributed by atoms with E-state index in [4.69, 9.17) is 0 Å². The maximum atomic E-state index is 12.2. The molecular weight excluding hydrogens is 348 g/mol. The molecule has 28 heavy (non-hydrogen) atoms. The maximum Gasteiger partial charge on any atom is 0.242 e. The molecule has 0 aliphatic rings. The first-order chi connectivity index (χ1) is 13.6. The van der Waals surface area contributed by atoms with Crippen LogP contribution in [-0.4, -0.2) is 29.0 Å². The van der Waals surface area contributed by atoms with Gasteiger partial charge in [0.2, 0.25) is 5.91 Å². The van der Waals surface area contributed by atoms with Crippen LogP contribution in [0.1, 0.15) is 23.7 Å². The number of hydrogen-bond donors (Lipinski definition) is 2. The van der Waals surface area contributed by atoms with Crippen molar-refractivity contribution in [2.24, 2.45) is 0 Å². The Kier molecular flexibility index (Phi) is 6.15. The van der Waals surface area contributed by atoms with Crippen LogP contribution in [0.4, 0.5) is 5.82 Å². The fourth-order valence-corrected chi connectivity index (χ4v) is 2.58. The van der Waals surface area contributed by atoms with Crippen LogP contribution < -0.4 is 10.6 Å². The lowest BCUT2D eigenvalue weighted by atomic mass is 10.0. The second kappa shape index (κ2) is 8.94. The standard InChI is InChI=1S/C23H22N4O/c1-16-13-19(15-25-14-16)20-10-12-22(27-23(28)17(2)24-3)26-21(20)11-9-18-7-5-4-6-8-18/h4-8,10,12-15,17,24H,1-3H3,(H,26,27,28). The number of aryl methyl sites for hydroxylation is 1. The summed E-state index contributed by atoms with van der Waals surface area (Å²) in [5.41, 5.74) is 4.35. The summed E-state index contributed by atoms with van der Waals surface area (Å²) in [5, 5.41) is 5.74. The molecule has 0 spiro atoms. The molecule has 1 unspecified atom stereocenters. The van der Waals surface area contributed by atoms with Gasteiger partial charge in [0.05, 0.1) is 6.04 Å². The Morgan fingerprint density at radius 1 is 1.07 bits per heavy atom. The molecule has 1 aromatic carbocycles. The zero-order valence-electron chi connectivity index (χ0n) is 16.2. The van der Waals surface area contributed by atoms with E-state index in [2.05, 4.69) is 32.4 Å². The van der Waals surface area contributed by atoms with Gasteiger partial charge in [-0.2, -0.15) is 0 Å². The van der Waals surface area contributed by atoms with Gasteiger partial charge >= 0.3 is 0 Å². The summed E-state index contributed by atoms with van der Waals surface area (Å²) in [5.74, 6) is 6.61. The highest BCUT2D eigenvalue weighted by molar-refractivity contribution is 5.94. The van der Waals surface area contributed by atoms with Crippen LogP contribution in [0.3, 0.4) is 0 Å². The van der Waals surface area contributed by atoms with Crippen molar-refractivity contribution in [2.45, 2.75) is 19.9 Å². The number of amides is 1. The quantitative estimate of drug-likeness (QED) is 0.691. The lowest BCUT2D eigenvalue weighted by Crippen LogP contribution is -2.35. The van der Waals surface area contributed by atoms with E-state index in [0.717, 1.165) is 22.3 Å². The number of pyridine rings is 2. The van der Waals surface area contributed by atoms with Gasteiger partial charge in [0.25, 0.3) is 0 Å². The van der Waals surface area contributed by atoms with Crippen LogP contribution in [0.5, 0.6) is 0 Å². The molecule has 3 aromatic rings.